The van der Waals surface area contributed by atoms with Gasteiger partial charge in [0, 0.05) is 33.9 Å². The van der Waals surface area contributed by atoms with Crippen molar-refractivity contribution in [2.24, 2.45) is 5.73 Å². The van der Waals surface area contributed by atoms with Crippen LogP contribution in [-0.2, 0) is 0 Å². The molecule has 5 aromatic rings. The predicted octanol–water partition coefficient (Wildman–Crippen LogP) is 6.58. The SMILES string of the molecule is NC1Sc2ccccc2N1c1ccc(Oc2ncccc2-c2ccnc3ccccc23)cc1. The molecule has 0 aliphatic carbocycles. The van der Waals surface area contributed by atoms with Gasteiger partial charge < -0.3 is 15.4 Å². The number of nitrogens with two attached hydrogens (primary N) is 1. The first-order chi connectivity index (χ1) is 16.3. The zero-order chi connectivity index (χ0) is 22.2. The van der Waals surface area contributed by atoms with Gasteiger partial charge in [-0.1, -0.05) is 42.1 Å². The molecule has 0 amide bonds. The summed E-state index contributed by atoms with van der Waals surface area (Å²) in [4.78, 5) is 12.3. The highest BCUT2D eigenvalue weighted by Gasteiger charge is 2.28. The fourth-order valence-corrected chi connectivity index (χ4v) is 5.20. The number of pyridine rings is 2. The summed E-state index contributed by atoms with van der Waals surface area (Å²) >= 11 is 1.66. The summed E-state index contributed by atoms with van der Waals surface area (Å²) in [6.45, 7) is 0. The summed E-state index contributed by atoms with van der Waals surface area (Å²) in [5.41, 5.74) is 11.3. The molecule has 1 aliphatic heterocycles. The third-order valence-corrected chi connectivity index (χ3v) is 6.72. The molecule has 1 unspecified atom stereocenters. The maximum Gasteiger partial charge on any atom is 0.227 e. The predicted molar refractivity (Wildman–Crippen MR) is 134 cm³/mol. The second-order valence-electron chi connectivity index (χ2n) is 7.67. The third-order valence-electron chi connectivity index (χ3n) is 5.67. The van der Waals surface area contributed by atoms with E-state index in [0.717, 1.165) is 33.4 Å². The minimum atomic E-state index is -0.156. The lowest BCUT2D eigenvalue weighted by atomic mass is 10.0. The van der Waals surface area contributed by atoms with E-state index in [9.17, 15) is 0 Å². The van der Waals surface area contributed by atoms with Gasteiger partial charge in [-0.25, -0.2) is 4.98 Å². The normalized spacial score (nSPS) is 14.9. The monoisotopic (exact) mass is 448 g/mol. The highest BCUT2D eigenvalue weighted by molar-refractivity contribution is 8.00. The summed E-state index contributed by atoms with van der Waals surface area (Å²) in [6.07, 6.45) is 3.56. The van der Waals surface area contributed by atoms with Crippen LogP contribution in [0.1, 0.15) is 0 Å². The largest absolute Gasteiger partial charge is 0.438 e. The Bertz CT molecular complexity index is 1450. The van der Waals surface area contributed by atoms with Gasteiger partial charge in [0.2, 0.25) is 5.88 Å². The first-order valence-electron chi connectivity index (χ1n) is 10.7. The minimum Gasteiger partial charge on any atom is -0.438 e. The van der Waals surface area contributed by atoms with Gasteiger partial charge in [-0.15, -0.1) is 0 Å². The molecule has 160 valence electrons. The van der Waals surface area contributed by atoms with Crippen molar-refractivity contribution in [1.82, 2.24) is 9.97 Å². The van der Waals surface area contributed by atoms with Crippen LogP contribution in [0.15, 0.2) is 108 Å². The second kappa shape index (κ2) is 8.24. The molecule has 2 aromatic heterocycles. The molecule has 1 atom stereocenters. The highest BCUT2D eigenvalue weighted by Crippen LogP contribution is 2.45. The number of nitrogens with zero attached hydrogens (tertiary/aromatic N) is 3. The Morgan fingerprint density at radius 3 is 2.48 bits per heavy atom. The van der Waals surface area contributed by atoms with Gasteiger partial charge >= 0.3 is 0 Å². The van der Waals surface area contributed by atoms with E-state index in [1.165, 1.54) is 4.90 Å². The summed E-state index contributed by atoms with van der Waals surface area (Å²) in [7, 11) is 0. The Labute approximate surface area is 195 Å². The fraction of sp³-hybridized carbons (Fsp3) is 0.0370. The van der Waals surface area contributed by atoms with Gasteiger partial charge in [-0.05, 0) is 66.2 Å². The fourth-order valence-electron chi connectivity index (χ4n) is 4.16. The number of hydrogen-bond donors (Lipinski definition) is 1. The lowest BCUT2D eigenvalue weighted by Gasteiger charge is -2.23. The Morgan fingerprint density at radius 2 is 1.58 bits per heavy atom. The summed E-state index contributed by atoms with van der Waals surface area (Å²) in [5, 5.41) is 1.06. The summed E-state index contributed by atoms with van der Waals surface area (Å²) in [6, 6.07) is 30.3. The van der Waals surface area contributed by atoms with Crippen LogP contribution in [0.2, 0.25) is 0 Å². The van der Waals surface area contributed by atoms with E-state index in [4.69, 9.17) is 10.5 Å². The number of benzene rings is 3. The van der Waals surface area contributed by atoms with Crippen LogP contribution < -0.4 is 15.4 Å². The van der Waals surface area contributed by atoms with Crippen molar-refractivity contribution in [1.29, 1.82) is 0 Å². The van der Waals surface area contributed by atoms with E-state index in [0.29, 0.717) is 11.6 Å². The smallest absolute Gasteiger partial charge is 0.227 e. The molecule has 0 bridgehead atoms. The first kappa shape index (κ1) is 19.8. The third kappa shape index (κ3) is 3.59. The highest BCUT2D eigenvalue weighted by atomic mass is 32.2. The topological polar surface area (TPSA) is 64.3 Å². The van der Waals surface area contributed by atoms with E-state index in [1.54, 1.807) is 18.0 Å². The van der Waals surface area contributed by atoms with Crippen LogP contribution in [0.4, 0.5) is 11.4 Å². The molecule has 33 heavy (non-hydrogen) atoms. The molecule has 0 radical (unpaired) electrons. The van der Waals surface area contributed by atoms with Crippen molar-refractivity contribution in [3.63, 3.8) is 0 Å². The van der Waals surface area contributed by atoms with Crippen LogP contribution in [0, 0.1) is 0 Å². The van der Waals surface area contributed by atoms with Gasteiger partial charge in [0.1, 0.15) is 11.2 Å². The maximum absolute atomic E-state index is 6.40. The average Bonchev–Trinajstić information content (AvgIpc) is 3.20. The van der Waals surface area contributed by atoms with Gasteiger partial charge in [-0.2, -0.15) is 0 Å². The molecule has 0 spiro atoms. The molecular formula is C27H20N4OS. The molecule has 0 saturated carbocycles. The molecule has 0 saturated heterocycles. The van der Waals surface area contributed by atoms with Crippen LogP contribution in [-0.4, -0.2) is 15.5 Å². The number of rotatable bonds is 4. The van der Waals surface area contributed by atoms with Crippen LogP contribution in [0.5, 0.6) is 11.6 Å². The summed E-state index contributed by atoms with van der Waals surface area (Å²) < 4.78 is 6.24. The Balaban J connectivity index is 1.32. The molecular weight excluding hydrogens is 428 g/mol. The molecule has 3 aromatic carbocycles. The van der Waals surface area contributed by atoms with E-state index in [-0.39, 0.29) is 5.50 Å². The first-order valence-corrected chi connectivity index (χ1v) is 11.5. The number of hydrogen-bond acceptors (Lipinski definition) is 6. The number of fused-ring (bicyclic) bond motifs is 2. The van der Waals surface area contributed by atoms with Crippen LogP contribution >= 0.6 is 11.8 Å². The van der Waals surface area contributed by atoms with Crippen LogP contribution in [0.3, 0.4) is 0 Å². The Morgan fingerprint density at radius 1 is 0.758 bits per heavy atom. The summed E-state index contributed by atoms with van der Waals surface area (Å²) in [5.74, 6) is 1.27. The minimum absolute atomic E-state index is 0.156. The molecule has 6 heteroatoms. The van der Waals surface area contributed by atoms with Gasteiger partial charge in [-0.3, -0.25) is 4.98 Å². The molecule has 6 rings (SSSR count). The number of ether oxygens (including phenoxy) is 1. The van der Waals surface area contributed by atoms with Crippen molar-refractivity contribution in [3.05, 3.63) is 103 Å². The number of aromatic nitrogens is 2. The zero-order valence-corrected chi connectivity index (χ0v) is 18.4. The van der Waals surface area contributed by atoms with Crippen molar-refractivity contribution < 1.29 is 4.74 Å². The van der Waals surface area contributed by atoms with Crippen molar-refractivity contribution in [2.45, 2.75) is 10.4 Å². The van der Waals surface area contributed by atoms with Crippen molar-refractivity contribution >= 4 is 34.0 Å². The van der Waals surface area contributed by atoms with Gasteiger partial charge in [0.05, 0.1) is 11.2 Å². The van der Waals surface area contributed by atoms with Crippen LogP contribution in [0.25, 0.3) is 22.0 Å². The average molecular weight is 449 g/mol. The second-order valence-corrected chi connectivity index (χ2v) is 8.83. The molecule has 0 fully saturated rings. The Kier molecular flexibility index (Phi) is 4.94. The number of anilines is 2. The van der Waals surface area contributed by atoms with E-state index < -0.39 is 0 Å². The van der Waals surface area contributed by atoms with Gasteiger partial charge in [0.15, 0.2) is 0 Å². The standard InChI is InChI=1S/C27H20N4OS/c28-27-31(24-9-3-4-10-25(24)33-27)18-11-13-19(14-12-18)32-26-22(7-5-16-30-26)20-15-17-29-23-8-2-1-6-21(20)23/h1-17,27H,28H2. The number of para-hydroxylation sites is 2. The quantitative estimate of drug-likeness (QED) is 0.335. The maximum atomic E-state index is 6.40. The molecule has 1 aliphatic rings. The van der Waals surface area contributed by atoms with E-state index in [2.05, 4.69) is 33.1 Å². The van der Waals surface area contributed by atoms with Gasteiger partial charge in [0.25, 0.3) is 0 Å². The Hall–Kier alpha value is -3.87. The lowest BCUT2D eigenvalue weighted by Crippen LogP contribution is -2.31. The van der Waals surface area contributed by atoms with E-state index in [1.807, 2.05) is 79.0 Å². The lowest BCUT2D eigenvalue weighted by molar-refractivity contribution is 0.465. The molecule has 5 nitrogen and oxygen atoms in total. The van der Waals surface area contributed by atoms with Crippen molar-refractivity contribution in [2.75, 3.05) is 4.90 Å². The zero-order valence-electron chi connectivity index (χ0n) is 17.6. The molecule has 3 heterocycles. The van der Waals surface area contributed by atoms with E-state index >= 15 is 0 Å². The number of thioether (sulfide) groups is 1. The van der Waals surface area contributed by atoms with Crippen molar-refractivity contribution in [3.8, 4) is 22.8 Å². The molecule has 2 N–H and O–H groups in total.